The number of nitrogens with two attached hydrogens (primary N) is 1. The topological polar surface area (TPSA) is 124 Å². The predicted molar refractivity (Wildman–Crippen MR) is 126 cm³/mol. The Morgan fingerprint density at radius 2 is 1.82 bits per heavy atom. The Kier molecular flexibility index (Phi) is 6.51. The molecule has 9 nitrogen and oxygen atoms in total. The van der Waals surface area contributed by atoms with Crippen LogP contribution in [-0.4, -0.2) is 32.5 Å². The minimum Gasteiger partial charge on any atom is -0.447 e. The van der Waals surface area contributed by atoms with E-state index in [4.69, 9.17) is 10.5 Å². The first-order valence-electron chi connectivity index (χ1n) is 10.5. The molecule has 0 saturated heterocycles. The quantitative estimate of drug-likeness (QED) is 0.396. The van der Waals surface area contributed by atoms with E-state index in [0.717, 1.165) is 0 Å². The zero-order valence-electron chi connectivity index (χ0n) is 18.5. The summed E-state index contributed by atoms with van der Waals surface area (Å²) in [7, 11) is 0. The van der Waals surface area contributed by atoms with Gasteiger partial charge in [0.1, 0.15) is 11.9 Å². The number of nitrogens with one attached hydrogen (secondary N) is 2. The SMILES string of the molecule is CC(C)OC(=O)Nc1cnc2nc(-c3cc(NC(=O)[C@@H](N)c4ccccc4)ccc3F)cn2c1. The lowest BCUT2D eigenvalue weighted by Gasteiger charge is -2.13. The van der Waals surface area contributed by atoms with Crippen LogP contribution < -0.4 is 16.4 Å². The third kappa shape index (κ3) is 5.18. The summed E-state index contributed by atoms with van der Waals surface area (Å²) in [4.78, 5) is 32.9. The summed E-state index contributed by atoms with van der Waals surface area (Å²) in [5.74, 6) is -0.644. The first-order valence-corrected chi connectivity index (χ1v) is 10.5. The number of carbonyl (C=O) groups excluding carboxylic acids is 2. The van der Waals surface area contributed by atoms with E-state index in [1.165, 1.54) is 24.4 Å². The van der Waals surface area contributed by atoms with Gasteiger partial charge >= 0.3 is 6.09 Å². The number of benzene rings is 2. The van der Waals surface area contributed by atoms with Crippen LogP contribution in [0.5, 0.6) is 0 Å². The van der Waals surface area contributed by atoms with Crippen molar-refractivity contribution in [2.45, 2.75) is 26.0 Å². The monoisotopic (exact) mass is 462 g/mol. The van der Waals surface area contributed by atoms with E-state index in [1.807, 2.05) is 6.07 Å². The van der Waals surface area contributed by atoms with E-state index in [9.17, 15) is 14.0 Å². The van der Waals surface area contributed by atoms with Gasteiger partial charge in [-0.15, -0.1) is 0 Å². The maximum absolute atomic E-state index is 14.6. The van der Waals surface area contributed by atoms with Gasteiger partial charge in [0.05, 0.1) is 23.7 Å². The van der Waals surface area contributed by atoms with Crippen molar-refractivity contribution < 1.29 is 18.7 Å². The van der Waals surface area contributed by atoms with Crippen molar-refractivity contribution in [2.75, 3.05) is 10.6 Å². The molecule has 2 aromatic heterocycles. The molecule has 0 fully saturated rings. The largest absolute Gasteiger partial charge is 0.447 e. The molecule has 174 valence electrons. The number of nitrogens with zero attached hydrogens (tertiary/aromatic N) is 3. The predicted octanol–water partition coefficient (Wildman–Crippen LogP) is 4.13. The molecule has 2 amide bonds. The molecule has 0 saturated carbocycles. The Hall–Kier alpha value is -4.31. The zero-order chi connectivity index (χ0) is 24.2. The molecule has 0 aliphatic carbocycles. The van der Waals surface area contributed by atoms with Crippen molar-refractivity contribution in [1.29, 1.82) is 0 Å². The number of ether oxygens (including phenoxy) is 1. The Morgan fingerprint density at radius 3 is 2.56 bits per heavy atom. The van der Waals surface area contributed by atoms with E-state index in [0.29, 0.717) is 28.4 Å². The van der Waals surface area contributed by atoms with Gasteiger partial charge in [0, 0.05) is 23.6 Å². The first kappa shape index (κ1) is 22.9. The fraction of sp³-hybridized carbons (Fsp3) is 0.167. The maximum atomic E-state index is 14.6. The summed E-state index contributed by atoms with van der Waals surface area (Å²) >= 11 is 0. The molecule has 2 heterocycles. The molecule has 0 bridgehead atoms. The van der Waals surface area contributed by atoms with Crippen LogP contribution in [0.15, 0.2) is 67.1 Å². The number of anilines is 2. The van der Waals surface area contributed by atoms with Crippen LogP contribution in [0.3, 0.4) is 0 Å². The first-order chi connectivity index (χ1) is 16.3. The van der Waals surface area contributed by atoms with Gasteiger partial charge in [0.2, 0.25) is 11.7 Å². The van der Waals surface area contributed by atoms with Crippen LogP contribution in [-0.2, 0) is 9.53 Å². The molecule has 4 rings (SSSR count). The molecular formula is C24H23FN6O3. The number of halogens is 1. The van der Waals surface area contributed by atoms with Gasteiger partial charge in [-0.25, -0.2) is 19.2 Å². The van der Waals surface area contributed by atoms with Crippen molar-refractivity contribution in [3.63, 3.8) is 0 Å². The highest BCUT2D eigenvalue weighted by Crippen LogP contribution is 2.26. The minimum absolute atomic E-state index is 0.172. The highest BCUT2D eigenvalue weighted by Gasteiger charge is 2.17. The molecule has 0 aliphatic heterocycles. The Labute approximate surface area is 194 Å². The summed E-state index contributed by atoms with van der Waals surface area (Å²) in [6.45, 7) is 3.48. The van der Waals surface area contributed by atoms with E-state index in [1.54, 1.807) is 54.9 Å². The van der Waals surface area contributed by atoms with E-state index < -0.39 is 23.9 Å². The van der Waals surface area contributed by atoms with Crippen LogP contribution in [0.1, 0.15) is 25.5 Å². The van der Waals surface area contributed by atoms with Gasteiger partial charge < -0.3 is 15.8 Å². The number of amides is 2. The second-order valence-corrected chi connectivity index (χ2v) is 7.83. The second-order valence-electron chi connectivity index (χ2n) is 7.83. The number of fused-ring (bicyclic) bond motifs is 1. The lowest BCUT2D eigenvalue weighted by atomic mass is 10.1. The van der Waals surface area contributed by atoms with Crippen LogP contribution in [0.2, 0.25) is 0 Å². The fourth-order valence-electron chi connectivity index (χ4n) is 3.27. The number of rotatable bonds is 6. The lowest BCUT2D eigenvalue weighted by molar-refractivity contribution is -0.117. The minimum atomic E-state index is -0.873. The van der Waals surface area contributed by atoms with Gasteiger partial charge in [-0.3, -0.25) is 14.5 Å². The Morgan fingerprint density at radius 1 is 1.06 bits per heavy atom. The average molecular weight is 462 g/mol. The summed E-state index contributed by atoms with van der Waals surface area (Å²) in [6, 6.07) is 12.2. The highest BCUT2D eigenvalue weighted by molar-refractivity contribution is 5.96. The Balaban J connectivity index is 1.55. The number of carbonyl (C=O) groups is 2. The van der Waals surface area contributed by atoms with Crippen LogP contribution >= 0.6 is 0 Å². The number of hydrogen-bond acceptors (Lipinski definition) is 6. The molecule has 0 aliphatic rings. The average Bonchev–Trinajstić information content (AvgIpc) is 3.23. The number of hydrogen-bond donors (Lipinski definition) is 3. The van der Waals surface area contributed by atoms with Crippen LogP contribution in [0.25, 0.3) is 17.0 Å². The summed E-state index contributed by atoms with van der Waals surface area (Å²) < 4.78 is 21.2. The van der Waals surface area contributed by atoms with Crippen LogP contribution in [0.4, 0.5) is 20.6 Å². The molecule has 4 aromatic rings. The summed E-state index contributed by atoms with van der Waals surface area (Å²) in [6.07, 6.45) is 3.70. The van der Waals surface area contributed by atoms with Crippen molar-refractivity contribution >= 4 is 29.2 Å². The molecule has 34 heavy (non-hydrogen) atoms. The second kappa shape index (κ2) is 9.67. The van der Waals surface area contributed by atoms with Crippen molar-refractivity contribution in [3.8, 4) is 11.3 Å². The molecule has 10 heteroatoms. The molecule has 0 radical (unpaired) electrons. The van der Waals surface area contributed by atoms with Gasteiger partial charge in [0.25, 0.3) is 0 Å². The van der Waals surface area contributed by atoms with Gasteiger partial charge in [-0.05, 0) is 37.6 Å². The normalized spacial score (nSPS) is 11.9. The lowest BCUT2D eigenvalue weighted by Crippen LogP contribution is -2.27. The van der Waals surface area contributed by atoms with Gasteiger partial charge in [-0.1, -0.05) is 30.3 Å². The molecule has 0 unspecified atom stereocenters. The molecular weight excluding hydrogens is 439 g/mol. The van der Waals surface area contributed by atoms with Crippen molar-refractivity contribution in [3.05, 3.63) is 78.5 Å². The van der Waals surface area contributed by atoms with E-state index in [-0.39, 0.29) is 11.7 Å². The van der Waals surface area contributed by atoms with E-state index >= 15 is 0 Å². The summed E-state index contributed by atoms with van der Waals surface area (Å²) in [5, 5.41) is 5.29. The molecule has 0 spiro atoms. The Bertz CT molecular complexity index is 1340. The smallest absolute Gasteiger partial charge is 0.411 e. The number of imidazole rings is 1. The van der Waals surface area contributed by atoms with Gasteiger partial charge in [0.15, 0.2) is 0 Å². The molecule has 2 aromatic carbocycles. The van der Waals surface area contributed by atoms with Crippen LogP contribution in [0, 0.1) is 5.82 Å². The maximum Gasteiger partial charge on any atom is 0.411 e. The van der Waals surface area contributed by atoms with Gasteiger partial charge in [-0.2, -0.15) is 0 Å². The van der Waals surface area contributed by atoms with Crippen molar-refractivity contribution in [2.24, 2.45) is 5.73 Å². The number of aromatic nitrogens is 3. The molecule has 4 N–H and O–H groups in total. The molecule has 1 atom stereocenters. The highest BCUT2D eigenvalue weighted by atomic mass is 19.1. The van der Waals surface area contributed by atoms with E-state index in [2.05, 4.69) is 20.6 Å². The third-order valence-electron chi connectivity index (χ3n) is 4.85. The standard InChI is InChI=1S/C24H23FN6O3/c1-14(2)34-24(33)29-17-11-27-23-30-20(13-31(23)12-17)18-10-16(8-9-19(18)25)28-22(32)21(26)15-6-4-3-5-7-15/h3-14,21H,26H2,1-2H3,(H,28,32)(H,29,33)/t21-/m0/s1. The summed E-state index contributed by atoms with van der Waals surface area (Å²) in [5.41, 5.74) is 7.94. The fourth-order valence-corrected chi connectivity index (χ4v) is 3.27. The third-order valence-corrected chi connectivity index (χ3v) is 4.85. The van der Waals surface area contributed by atoms with Crippen molar-refractivity contribution in [1.82, 2.24) is 14.4 Å². The zero-order valence-corrected chi connectivity index (χ0v) is 18.5.